The van der Waals surface area contributed by atoms with Crippen molar-refractivity contribution in [2.75, 3.05) is 31.0 Å². The molecule has 3 saturated carbocycles. The molecule has 1 saturated heterocycles. The van der Waals surface area contributed by atoms with Gasteiger partial charge in [0.05, 0.1) is 43.5 Å². The molecule has 2 aromatic heterocycles. The number of rotatable bonds is 8. The van der Waals surface area contributed by atoms with Gasteiger partial charge in [0.2, 0.25) is 5.91 Å². The van der Waals surface area contributed by atoms with Gasteiger partial charge in [-0.3, -0.25) is 14.3 Å². The smallest absolute Gasteiger partial charge is 0.252 e. The lowest BCUT2D eigenvalue weighted by Gasteiger charge is -2.44. The van der Waals surface area contributed by atoms with Crippen LogP contribution in [0.15, 0.2) is 42.9 Å². The van der Waals surface area contributed by atoms with E-state index in [0.29, 0.717) is 36.2 Å². The zero-order valence-electron chi connectivity index (χ0n) is 22.3. The molecule has 4 aliphatic rings. The number of carbonyl (C=O) groups is 2. The molecular formula is C29H32N6O5. The monoisotopic (exact) mass is 544 g/mol. The summed E-state index contributed by atoms with van der Waals surface area (Å²) in [6.07, 6.45) is 11.3. The van der Waals surface area contributed by atoms with E-state index in [1.54, 1.807) is 19.4 Å². The average Bonchev–Trinajstić information content (AvgIpc) is 3.23. The Morgan fingerprint density at radius 1 is 1.15 bits per heavy atom. The number of hydrogen-bond donors (Lipinski definition) is 3. The number of carbonyl (C=O) groups excluding carboxylic acids is 2. The molecule has 1 aromatic carbocycles. The molecule has 2 amide bonds. The van der Waals surface area contributed by atoms with E-state index in [9.17, 15) is 9.59 Å². The van der Waals surface area contributed by atoms with Crippen molar-refractivity contribution in [2.24, 2.45) is 17.1 Å². The minimum absolute atomic E-state index is 0.0226. The van der Waals surface area contributed by atoms with Crippen LogP contribution < -0.4 is 21.1 Å². The summed E-state index contributed by atoms with van der Waals surface area (Å²) in [7, 11) is 1.59. The number of ether oxygens (including phenoxy) is 3. The zero-order valence-corrected chi connectivity index (χ0v) is 22.3. The van der Waals surface area contributed by atoms with Gasteiger partial charge in [-0.1, -0.05) is 18.6 Å². The highest BCUT2D eigenvalue weighted by atomic mass is 16.7. The van der Waals surface area contributed by atoms with E-state index in [1.807, 2.05) is 29.1 Å². The molecule has 4 N–H and O–H groups in total. The molecule has 3 aromatic rings. The highest BCUT2D eigenvalue weighted by Gasteiger charge is 2.61. The van der Waals surface area contributed by atoms with Crippen LogP contribution in [0.5, 0.6) is 5.75 Å². The largest absolute Gasteiger partial charge is 0.494 e. The summed E-state index contributed by atoms with van der Waals surface area (Å²) in [6.45, 7) is 1.20. The molecule has 0 radical (unpaired) electrons. The molecule has 7 rings (SSSR count). The molecule has 2 spiro atoms. The first-order valence-corrected chi connectivity index (χ1v) is 13.8. The molecule has 2 atom stereocenters. The Balaban J connectivity index is 1.15. The molecule has 3 heterocycles. The lowest BCUT2D eigenvalue weighted by atomic mass is 9.80. The fraction of sp³-hybridized carbons (Fsp3) is 0.448. The van der Waals surface area contributed by atoms with E-state index in [1.165, 1.54) is 12.6 Å². The van der Waals surface area contributed by atoms with Gasteiger partial charge in [0.1, 0.15) is 17.6 Å². The molecular weight excluding hydrogens is 512 g/mol. The van der Waals surface area contributed by atoms with E-state index in [2.05, 4.69) is 20.7 Å². The normalized spacial score (nSPS) is 23.3. The van der Waals surface area contributed by atoms with Crippen molar-refractivity contribution in [2.45, 2.75) is 50.4 Å². The van der Waals surface area contributed by atoms with Gasteiger partial charge in [-0.25, -0.2) is 4.98 Å². The summed E-state index contributed by atoms with van der Waals surface area (Å²) in [6, 6.07) is 7.35. The lowest BCUT2D eigenvalue weighted by Crippen LogP contribution is -2.49. The average molecular weight is 545 g/mol. The zero-order chi connectivity index (χ0) is 27.5. The first kappa shape index (κ1) is 25.0. The number of anilines is 3. The Morgan fingerprint density at radius 2 is 1.98 bits per heavy atom. The third-order valence-corrected chi connectivity index (χ3v) is 9.05. The van der Waals surface area contributed by atoms with Gasteiger partial charge in [0.25, 0.3) is 5.91 Å². The van der Waals surface area contributed by atoms with Crippen LogP contribution in [0.2, 0.25) is 0 Å². The predicted octanol–water partition coefficient (Wildman–Crippen LogP) is 4.00. The number of nitrogens with zero attached hydrogens (tertiary/aromatic N) is 3. The second-order valence-electron chi connectivity index (χ2n) is 11.2. The maximum atomic E-state index is 12.8. The van der Waals surface area contributed by atoms with Crippen LogP contribution in [-0.2, 0) is 14.3 Å². The maximum absolute atomic E-state index is 12.8. The predicted molar refractivity (Wildman–Crippen MR) is 146 cm³/mol. The topological polar surface area (TPSA) is 143 Å². The molecule has 11 nitrogen and oxygen atoms in total. The third-order valence-electron chi connectivity index (χ3n) is 9.05. The number of hydrogen-bond acceptors (Lipinski definition) is 8. The first-order chi connectivity index (χ1) is 19.4. The number of para-hydroxylation sites is 1. The Labute approximate surface area is 231 Å². The second kappa shape index (κ2) is 9.31. The maximum Gasteiger partial charge on any atom is 0.252 e. The second-order valence-corrected chi connectivity index (χ2v) is 11.2. The number of benzene rings is 1. The standard InChI is InChI=1S/C29H32N6O5/c1-38-25-18(17-14-32-35(16-17)23-6-9-29(23)39-10-11-40-29)4-2-5-21(25)33-22-12-24(31-15-19(22)26(30)36)34-27(37)20-13-28(20)7-3-8-28/h2,4-5,12,14-16,20,23H,3,6-11,13H2,1H3,(H2,30,36)(H2,31,33,34,37)/t20-,23-/m1/s1. The third kappa shape index (κ3) is 4.03. The molecule has 3 aliphatic carbocycles. The Morgan fingerprint density at radius 3 is 2.62 bits per heavy atom. The Bertz CT molecular complexity index is 1490. The van der Waals surface area contributed by atoms with Crippen molar-refractivity contribution in [1.82, 2.24) is 14.8 Å². The molecule has 208 valence electrons. The number of nitrogens with two attached hydrogens (primary N) is 1. The first-order valence-electron chi connectivity index (χ1n) is 13.8. The van der Waals surface area contributed by atoms with Crippen molar-refractivity contribution in [3.05, 3.63) is 48.4 Å². The summed E-state index contributed by atoms with van der Waals surface area (Å²) in [5, 5.41) is 10.8. The van der Waals surface area contributed by atoms with Crippen LogP contribution in [-0.4, -0.2) is 52.7 Å². The number of aromatic nitrogens is 3. The van der Waals surface area contributed by atoms with Gasteiger partial charge in [-0.2, -0.15) is 5.10 Å². The summed E-state index contributed by atoms with van der Waals surface area (Å²) in [5.74, 6) is -0.264. The Kier molecular flexibility index (Phi) is 5.83. The SMILES string of the molecule is COc1c(Nc2cc(NC(=O)[C@H]3CC34CCC4)ncc2C(N)=O)cccc1-c1cnn([C@@H]2CCC23OCCO3)c1. The van der Waals surface area contributed by atoms with Gasteiger partial charge in [0, 0.05) is 41.9 Å². The molecule has 11 heteroatoms. The molecule has 0 unspecified atom stereocenters. The summed E-state index contributed by atoms with van der Waals surface area (Å²) in [4.78, 5) is 29.3. The van der Waals surface area contributed by atoms with E-state index in [4.69, 9.17) is 19.9 Å². The van der Waals surface area contributed by atoms with Crippen molar-refractivity contribution >= 4 is 29.0 Å². The van der Waals surface area contributed by atoms with Crippen LogP contribution in [0, 0.1) is 11.3 Å². The van der Waals surface area contributed by atoms with E-state index in [-0.39, 0.29) is 28.8 Å². The highest BCUT2D eigenvalue weighted by molar-refractivity contribution is 6.01. The minimum Gasteiger partial charge on any atom is -0.494 e. The number of methoxy groups -OCH3 is 1. The highest BCUT2D eigenvalue weighted by Crippen LogP contribution is 2.65. The summed E-state index contributed by atoms with van der Waals surface area (Å²) >= 11 is 0. The number of nitrogens with one attached hydrogen (secondary N) is 2. The van der Waals surface area contributed by atoms with E-state index >= 15 is 0 Å². The molecule has 4 fully saturated rings. The minimum atomic E-state index is -0.634. The van der Waals surface area contributed by atoms with Gasteiger partial charge in [0.15, 0.2) is 5.79 Å². The van der Waals surface area contributed by atoms with Gasteiger partial charge < -0.3 is 30.6 Å². The van der Waals surface area contributed by atoms with Crippen molar-refractivity contribution in [1.29, 1.82) is 0 Å². The van der Waals surface area contributed by atoms with Crippen molar-refractivity contribution in [3.8, 4) is 16.9 Å². The summed E-state index contributed by atoms with van der Waals surface area (Å²) < 4.78 is 19.5. The number of pyridine rings is 1. The molecule has 40 heavy (non-hydrogen) atoms. The molecule has 1 aliphatic heterocycles. The molecule has 0 bridgehead atoms. The van der Waals surface area contributed by atoms with Crippen LogP contribution in [0.4, 0.5) is 17.2 Å². The fourth-order valence-electron chi connectivity index (χ4n) is 6.46. The van der Waals surface area contributed by atoms with Crippen molar-refractivity contribution in [3.63, 3.8) is 0 Å². The van der Waals surface area contributed by atoms with Crippen LogP contribution in [0.1, 0.15) is 54.9 Å². The number of primary amides is 1. The Hall–Kier alpha value is -3.96. The van der Waals surface area contributed by atoms with Crippen LogP contribution >= 0.6 is 0 Å². The fourth-order valence-corrected chi connectivity index (χ4v) is 6.46. The quantitative estimate of drug-likeness (QED) is 0.386. The van der Waals surface area contributed by atoms with Gasteiger partial charge in [-0.05, 0) is 37.2 Å². The van der Waals surface area contributed by atoms with Gasteiger partial charge >= 0.3 is 0 Å². The van der Waals surface area contributed by atoms with Crippen LogP contribution in [0.25, 0.3) is 11.1 Å². The van der Waals surface area contributed by atoms with E-state index in [0.717, 1.165) is 43.2 Å². The number of amides is 2. The van der Waals surface area contributed by atoms with Crippen molar-refractivity contribution < 1.29 is 23.8 Å². The van der Waals surface area contributed by atoms with E-state index < -0.39 is 11.7 Å². The van der Waals surface area contributed by atoms with Crippen LogP contribution in [0.3, 0.4) is 0 Å². The lowest BCUT2D eigenvalue weighted by molar-refractivity contribution is -0.242. The van der Waals surface area contributed by atoms with Gasteiger partial charge in [-0.15, -0.1) is 0 Å². The summed E-state index contributed by atoms with van der Waals surface area (Å²) in [5.41, 5.74) is 8.80.